The summed E-state index contributed by atoms with van der Waals surface area (Å²) >= 11 is 0. The number of hydrogen-bond acceptors (Lipinski definition) is 4. The molecule has 4 heteroatoms. The van der Waals surface area contributed by atoms with Crippen LogP contribution in [-0.4, -0.2) is 48.7 Å². The molecular weight excluding hydrogens is 264 g/mol. The van der Waals surface area contributed by atoms with Crippen molar-refractivity contribution in [3.05, 3.63) is 0 Å². The van der Waals surface area contributed by atoms with Gasteiger partial charge in [-0.15, -0.1) is 0 Å². The van der Waals surface area contributed by atoms with Crippen LogP contribution in [0.15, 0.2) is 0 Å². The van der Waals surface area contributed by atoms with Gasteiger partial charge in [-0.05, 0) is 73.9 Å². The molecule has 0 saturated heterocycles. The fourth-order valence-electron chi connectivity index (χ4n) is 2.53. The Hall–Kier alpha value is -0.610. The van der Waals surface area contributed by atoms with Crippen LogP contribution < -0.4 is 5.32 Å². The van der Waals surface area contributed by atoms with Crippen LogP contribution in [0.25, 0.3) is 0 Å². The molecule has 0 rings (SSSR count). The van der Waals surface area contributed by atoms with Crippen LogP contribution in [0.5, 0.6) is 0 Å². The number of carbonyl (C=O) groups excluding carboxylic acids is 1. The highest BCUT2D eigenvalue weighted by molar-refractivity contribution is 5.80. The summed E-state index contributed by atoms with van der Waals surface area (Å²) in [6.45, 7) is 13.9. The first-order chi connectivity index (χ1) is 9.76. The van der Waals surface area contributed by atoms with Gasteiger partial charge in [0.15, 0.2) is 0 Å². The largest absolute Gasteiger partial charge is 0.465 e. The van der Waals surface area contributed by atoms with Crippen molar-refractivity contribution in [3.63, 3.8) is 0 Å². The highest BCUT2D eigenvalue weighted by atomic mass is 16.5. The monoisotopic (exact) mass is 300 g/mol. The van der Waals surface area contributed by atoms with E-state index in [-0.39, 0.29) is 12.0 Å². The molecule has 0 heterocycles. The fourth-order valence-corrected chi connectivity index (χ4v) is 2.53. The number of hydrogen-bond donors (Lipinski definition) is 1. The molecule has 1 N–H and O–H groups in total. The summed E-state index contributed by atoms with van der Waals surface area (Å²) in [7, 11) is 2.17. The Kier molecular flexibility index (Phi) is 9.88. The first kappa shape index (κ1) is 20.4. The lowest BCUT2D eigenvalue weighted by molar-refractivity contribution is -0.151. The second-order valence-electron chi connectivity index (χ2n) is 6.55. The molecule has 0 aromatic carbocycles. The van der Waals surface area contributed by atoms with Crippen molar-refractivity contribution in [1.82, 2.24) is 10.2 Å². The number of nitrogens with zero attached hydrogens (tertiary/aromatic N) is 1. The lowest BCUT2D eigenvalue weighted by atomic mass is 9.93. The Labute approximate surface area is 131 Å². The molecule has 21 heavy (non-hydrogen) atoms. The van der Waals surface area contributed by atoms with Crippen molar-refractivity contribution in [3.8, 4) is 0 Å². The van der Waals surface area contributed by atoms with E-state index in [1.807, 2.05) is 13.8 Å². The van der Waals surface area contributed by atoms with Crippen LogP contribution >= 0.6 is 0 Å². The summed E-state index contributed by atoms with van der Waals surface area (Å²) in [5, 5.41) is 3.37. The molecule has 0 fully saturated rings. The van der Waals surface area contributed by atoms with Gasteiger partial charge in [-0.2, -0.15) is 0 Å². The summed E-state index contributed by atoms with van der Waals surface area (Å²) in [6.07, 6.45) is 4.12. The van der Waals surface area contributed by atoms with E-state index in [1.54, 1.807) is 0 Å². The summed E-state index contributed by atoms with van der Waals surface area (Å²) in [4.78, 5) is 14.6. The lowest BCUT2D eigenvalue weighted by Gasteiger charge is -2.31. The summed E-state index contributed by atoms with van der Waals surface area (Å²) in [5.41, 5.74) is -0.570. The van der Waals surface area contributed by atoms with E-state index >= 15 is 0 Å². The Morgan fingerprint density at radius 3 is 2.33 bits per heavy atom. The normalized spacial score (nSPS) is 16.0. The SMILES string of the molecule is CCOC(=O)C(C)(CCCCN(C)C(C)CC)NC(C)C. The molecule has 0 aromatic rings. The molecule has 0 amide bonds. The quantitative estimate of drug-likeness (QED) is 0.470. The zero-order valence-electron chi connectivity index (χ0n) is 15.2. The molecule has 0 spiro atoms. The standard InChI is InChI=1S/C17H36N2O2/c1-8-15(5)19(7)13-11-10-12-17(6,18-14(3)4)16(20)21-9-2/h14-15,18H,8-13H2,1-7H3. The third-order valence-electron chi connectivity index (χ3n) is 4.11. The van der Waals surface area contributed by atoms with E-state index in [1.165, 1.54) is 6.42 Å². The molecule has 2 atom stereocenters. The van der Waals surface area contributed by atoms with Gasteiger partial charge in [-0.3, -0.25) is 10.1 Å². The van der Waals surface area contributed by atoms with Crippen molar-refractivity contribution >= 4 is 5.97 Å². The van der Waals surface area contributed by atoms with Gasteiger partial charge in [0, 0.05) is 12.1 Å². The van der Waals surface area contributed by atoms with Crippen molar-refractivity contribution in [2.24, 2.45) is 0 Å². The second kappa shape index (κ2) is 10.2. The topological polar surface area (TPSA) is 41.6 Å². The van der Waals surface area contributed by atoms with Gasteiger partial charge in [0.05, 0.1) is 6.61 Å². The van der Waals surface area contributed by atoms with Crippen molar-refractivity contribution in [2.75, 3.05) is 20.2 Å². The van der Waals surface area contributed by atoms with Gasteiger partial charge < -0.3 is 9.64 Å². The van der Waals surface area contributed by atoms with E-state index < -0.39 is 5.54 Å². The minimum atomic E-state index is -0.570. The zero-order chi connectivity index (χ0) is 16.5. The van der Waals surface area contributed by atoms with Crippen LogP contribution in [-0.2, 0) is 9.53 Å². The maximum absolute atomic E-state index is 12.2. The maximum Gasteiger partial charge on any atom is 0.326 e. The zero-order valence-corrected chi connectivity index (χ0v) is 15.2. The van der Waals surface area contributed by atoms with Gasteiger partial charge >= 0.3 is 5.97 Å². The molecule has 0 aliphatic carbocycles. The van der Waals surface area contributed by atoms with Gasteiger partial charge in [-0.1, -0.05) is 6.92 Å². The molecule has 0 saturated carbocycles. The van der Waals surface area contributed by atoms with E-state index in [0.29, 0.717) is 12.6 Å². The molecule has 0 aromatic heterocycles. The molecule has 0 bridgehead atoms. The molecule has 0 aliphatic rings. The smallest absolute Gasteiger partial charge is 0.326 e. The molecule has 126 valence electrons. The summed E-state index contributed by atoms with van der Waals surface area (Å²) < 4.78 is 5.23. The Balaban J connectivity index is 4.34. The van der Waals surface area contributed by atoms with E-state index in [2.05, 4.69) is 45.0 Å². The number of unbranched alkanes of at least 4 members (excludes halogenated alkanes) is 1. The third kappa shape index (κ3) is 7.82. The van der Waals surface area contributed by atoms with Crippen LogP contribution in [0.3, 0.4) is 0 Å². The number of carbonyl (C=O) groups is 1. The van der Waals surface area contributed by atoms with Gasteiger partial charge in [0.25, 0.3) is 0 Å². The predicted molar refractivity (Wildman–Crippen MR) is 89.5 cm³/mol. The first-order valence-electron chi connectivity index (χ1n) is 8.42. The fraction of sp³-hybridized carbons (Fsp3) is 0.941. The van der Waals surface area contributed by atoms with Crippen molar-refractivity contribution in [2.45, 2.75) is 84.8 Å². The first-order valence-corrected chi connectivity index (χ1v) is 8.42. The molecule has 4 nitrogen and oxygen atoms in total. The minimum Gasteiger partial charge on any atom is -0.465 e. The van der Waals surface area contributed by atoms with Crippen molar-refractivity contribution in [1.29, 1.82) is 0 Å². The summed E-state index contributed by atoms with van der Waals surface area (Å²) in [5.74, 6) is -0.131. The highest BCUT2D eigenvalue weighted by Gasteiger charge is 2.34. The molecule has 2 unspecified atom stereocenters. The van der Waals surface area contributed by atoms with Crippen LogP contribution in [0.2, 0.25) is 0 Å². The lowest BCUT2D eigenvalue weighted by Crippen LogP contribution is -2.53. The second-order valence-corrected chi connectivity index (χ2v) is 6.55. The van der Waals surface area contributed by atoms with Crippen LogP contribution in [0.1, 0.15) is 67.2 Å². The highest BCUT2D eigenvalue weighted by Crippen LogP contribution is 2.18. The molecule has 0 aliphatic heterocycles. The van der Waals surface area contributed by atoms with Gasteiger partial charge in [-0.25, -0.2) is 0 Å². The average molecular weight is 300 g/mol. The number of rotatable bonds is 11. The van der Waals surface area contributed by atoms with Crippen molar-refractivity contribution < 1.29 is 9.53 Å². The predicted octanol–water partition coefficient (Wildman–Crippen LogP) is 3.21. The molecular formula is C17H36N2O2. The molecule has 0 radical (unpaired) electrons. The van der Waals surface area contributed by atoms with Gasteiger partial charge in [0.1, 0.15) is 5.54 Å². The van der Waals surface area contributed by atoms with E-state index in [0.717, 1.165) is 25.8 Å². The third-order valence-corrected chi connectivity index (χ3v) is 4.11. The Bertz CT molecular complexity index is 295. The minimum absolute atomic E-state index is 0.131. The number of nitrogens with one attached hydrogen (secondary N) is 1. The number of esters is 1. The van der Waals surface area contributed by atoms with Crippen LogP contribution in [0, 0.1) is 0 Å². The number of ether oxygens (including phenoxy) is 1. The maximum atomic E-state index is 12.2. The van der Waals surface area contributed by atoms with E-state index in [4.69, 9.17) is 4.74 Å². The Morgan fingerprint density at radius 2 is 1.86 bits per heavy atom. The average Bonchev–Trinajstić information content (AvgIpc) is 2.41. The van der Waals surface area contributed by atoms with E-state index in [9.17, 15) is 4.79 Å². The van der Waals surface area contributed by atoms with Crippen LogP contribution in [0.4, 0.5) is 0 Å². The Morgan fingerprint density at radius 1 is 1.24 bits per heavy atom. The summed E-state index contributed by atoms with van der Waals surface area (Å²) in [6, 6.07) is 0.887. The van der Waals surface area contributed by atoms with Gasteiger partial charge in [0.2, 0.25) is 0 Å².